The molecular formula is C22H15ClF4N2O3S. The van der Waals surface area contributed by atoms with Gasteiger partial charge in [-0.25, -0.2) is 12.8 Å². The fourth-order valence-corrected chi connectivity index (χ4v) is 5.28. The van der Waals surface area contributed by atoms with E-state index in [0.717, 1.165) is 40.2 Å². The molecule has 0 unspecified atom stereocenters. The lowest BCUT2D eigenvalue weighted by atomic mass is 10.1. The van der Waals surface area contributed by atoms with Crippen LogP contribution in [0.4, 0.5) is 28.9 Å². The van der Waals surface area contributed by atoms with Crippen LogP contribution >= 0.6 is 11.6 Å². The van der Waals surface area contributed by atoms with E-state index in [2.05, 4.69) is 0 Å². The lowest BCUT2D eigenvalue weighted by Gasteiger charge is -2.20. The van der Waals surface area contributed by atoms with Gasteiger partial charge in [0.1, 0.15) is 5.82 Å². The Balaban J connectivity index is 1.69. The molecule has 1 aliphatic heterocycles. The van der Waals surface area contributed by atoms with Crippen LogP contribution in [0, 0.1) is 5.82 Å². The zero-order chi connectivity index (χ0) is 24.0. The molecule has 3 aromatic carbocycles. The number of sulfonamides is 1. The number of amides is 1. The molecule has 0 saturated heterocycles. The molecule has 0 atom stereocenters. The van der Waals surface area contributed by atoms with E-state index >= 15 is 0 Å². The zero-order valence-corrected chi connectivity index (χ0v) is 18.2. The molecule has 172 valence electrons. The van der Waals surface area contributed by atoms with Gasteiger partial charge in [-0.2, -0.15) is 13.2 Å². The summed E-state index contributed by atoms with van der Waals surface area (Å²) in [5.74, 6) is -2.32. The molecule has 3 aromatic rings. The van der Waals surface area contributed by atoms with E-state index < -0.39 is 44.7 Å². The van der Waals surface area contributed by atoms with Crippen LogP contribution in [0.25, 0.3) is 0 Å². The van der Waals surface area contributed by atoms with Crippen LogP contribution in [0.1, 0.15) is 21.5 Å². The van der Waals surface area contributed by atoms with Gasteiger partial charge in [0.2, 0.25) is 0 Å². The first-order valence-corrected chi connectivity index (χ1v) is 11.4. The van der Waals surface area contributed by atoms with Crippen molar-refractivity contribution >= 4 is 38.9 Å². The van der Waals surface area contributed by atoms with Crippen LogP contribution in [0.5, 0.6) is 0 Å². The van der Waals surface area contributed by atoms with E-state index in [1.807, 2.05) is 5.32 Å². The third-order valence-electron chi connectivity index (χ3n) is 5.15. The maximum absolute atomic E-state index is 14.4. The largest absolute Gasteiger partial charge is 0.418 e. The predicted molar refractivity (Wildman–Crippen MR) is 115 cm³/mol. The number of hydrogen-bond donors (Lipinski definition) is 1. The van der Waals surface area contributed by atoms with Crippen LogP contribution in [0.3, 0.4) is 0 Å². The lowest BCUT2D eigenvalue weighted by Crippen LogP contribution is -2.29. The molecule has 1 N–H and O–H groups in total. The van der Waals surface area contributed by atoms with Gasteiger partial charge < -0.3 is 5.32 Å². The zero-order valence-electron chi connectivity index (χ0n) is 16.7. The van der Waals surface area contributed by atoms with Crippen molar-refractivity contribution in [3.8, 4) is 0 Å². The molecule has 0 bridgehead atoms. The van der Waals surface area contributed by atoms with Gasteiger partial charge >= 0.3 is 6.18 Å². The molecule has 11 heteroatoms. The van der Waals surface area contributed by atoms with Crippen molar-refractivity contribution in [1.29, 1.82) is 0 Å². The summed E-state index contributed by atoms with van der Waals surface area (Å²) in [7, 11) is -4.15. The summed E-state index contributed by atoms with van der Waals surface area (Å²) in [5.41, 5.74) is -1.28. The van der Waals surface area contributed by atoms with Gasteiger partial charge in [-0.05, 0) is 54.4 Å². The number of hydrogen-bond acceptors (Lipinski definition) is 3. The summed E-state index contributed by atoms with van der Waals surface area (Å²) < 4.78 is 81.8. The van der Waals surface area contributed by atoms with Gasteiger partial charge in [0.05, 0.1) is 27.4 Å². The van der Waals surface area contributed by atoms with Gasteiger partial charge in [-0.15, -0.1) is 0 Å². The highest BCUT2D eigenvalue weighted by Crippen LogP contribution is 2.37. The van der Waals surface area contributed by atoms with Crippen molar-refractivity contribution < 1.29 is 30.8 Å². The van der Waals surface area contributed by atoms with Gasteiger partial charge in [-0.1, -0.05) is 29.8 Å². The Kier molecular flexibility index (Phi) is 5.83. The van der Waals surface area contributed by atoms with Crippen molar-refractivity contribution in [1.82, 2.24) is 0 Å². The van der Waals surface area contributed by atoms with Crippen LogP contribution in [-0.4, -0.2) is 20.9 Å². The number of carbonyl (C=O) groups is 1. The second-order valence-corrected chi connectivity index (χ2v) is 9.54. The molecule has 1 heterocycles. The number of halogens is 5. The maximum Gasteiger partial charge on any atom is 0.418 e. The highest BCUT2D eigenvalue weighted by Gasteiger charge is 2.35. The van der Waals surface area contributed by atoms with Crippen molar-refractivity contribution in [2.24, 2.45) is 0 Å². The van der Waals surface area contributed by atoms with E-state index in [9.17, 15) is 30.8 Å². The summed E-state index contributed by atoms with van der Waals surface area (Å²) in [6.45, 7) is 0.167. The van der Waals surface area contributed by atoms with Gasteiger partial charge in [-0.3, -0.25) is 9.10 Å². The minimum absolute atomic E-state index is 0.167. The van der Waals surface area contributed by atoms with Crippen LogP contribution in [-0.2, 0) is 22.6 Å². The first-order chi connectivity index (χ1) is 15.5. The van der Waals surface area contributed by atoms with Gasteiger partial charge in [0, 0.05) is 11.6 Å². The first kappa shape index (κ1) is 23.1. The summed E-state index contributed by atoms with van der Waals surface area (Å²) in [6.07, 6.45) is -4.35. The third kappa shape index (κ3) is 4.40. The topological polar surface area (TPSA) is 66.5 Å². The Morgan fingerprint density at radius 2 is 1.76 bits per heavy atom. The second kappa shape index (κ2) is 8.35. The average Bonchev–Trinajstić information content (AvgIpc) is 3.19. The van der Waals surface area contributed by atoms with Crippen molar-refractivity contribution in [2.45, 2.75) is 17.5 Å². The fourth-order valence-electron chi connectivity index (χ4n) is 3.57. The smallest absolute Gasteiger partial charge is 0.321 e. The fraction of sp³-hybridized carbons (Fsp3) is 0.136. The highest BCUT2D eigenvalue weighted by molar-refractivity contribution is 7.92. The number of nitrogens with one attached hydrogen (secondary N) is 1. The standard InChI is InChI=1S/C22H15ClF4N2O3S/c23-14-5-8-19(17(11-14)22(25,26)27)28-21(30)16-12-15(6-7-18(16)24)33(31,32)29-10-9-13-3-1-2-4-20(13)29/h1-8,11-12H,9-10H2,(H,28,30). The molecule has 0 radical (unpaired) electrons. The summed E-state index contributed by atoms with van der Waals surface area (Å²) in [4.78, 5) is 12.3. The molecule has 0 saturated carbocycles. The molecule has 4 rings (SSSR count). The molecule has 33 heavy (non-hydrogen) atoms. The third-order valence-corrected chi connectivity index (χ3v) is 7.19. The van der Waals surface area contributed by atoms with Crippen LogP contribution in [0.15, 0.2) is 65.6 Å². The normalized spacial score (nSPS) is 13.7. The second-order valence-electron chi connectivity index (χ2n) is 7.24. The molecule has 5 nitrogen and oxygen atoms in total. The number of carbonyl (C=O) groups excluding carboxylic acids is 1. The number of nitrogens with zero attached hydrogens (tertiary/aromatic N) is 1. The summed E-state index contributed by atoms with van der Waals surface area (Å²) in [5, 5.41) is 1.80. The van der Waals surface area contributed by atoms with E-state index in [4.69, 9.17) is 11.6 Å². The Hall–Kier alpha value is -3.11. The van der Waals surface area contributed by atoms with Crippen molar-refractivity contribution in [3.63, 3.8) is 0 Å². The Morgan fingerprint density at radius 3 is 2.48 bits per heavy atom. The van der Waals surface area contributed by atoms with E-state index in [0.29, 0.717) is 18.2 Å². The van der Waals surface area contributed by atoms with Gasteiger partial charge in [0.15, 0.2) is 0 Å². The van der Waals surface area contributed by atoms with Crippen LogP contribution < -0.4 is 9.62 Å². The molecule has 0 aliphatic carbocycles. The lowest BCUT2D eigenvalue weighted by molar-refractivity contribution is -0.136. The number of fused-ring (bicyclic) bond motifs is 1. The Morgan fingerprint density at radius 1 is 1.03 bits per heavy atom. The number of benzene rings is 3. The number of rotatable bonds is 4. The highest BCUT2D eigenvalue weighted by atomic mass is 35.5. The minimum atomic E-state index is -4.83. The number of para-hydroxylation sites is 1. The van der Waals surface area contributed by atoms with Crippen molar-refractivity contribution in [3.05, 3.63) is 88.2 Å². The quantitative estimate of drug-likeness (QED) is 0.483. The number of anilines is 2. The predicted octanol–water partition coefficient (Wildman–Crippen LogP) is 5.50. The summed E-state index contributed by atoms with van der Waals surface area (Å²) >= 11 is 5.63. The molecule has 0 spiro atoms. The average molecular weight is 499 g/mol. The summed E-state index contributed by atoms with van der Waals surface area (Å²) in [6, 6.07) is 12.2. The molecule has 0 fully saturated rings. The van der Waals surface area contributed by atoms with Crippen LogP contribution in [0.2, 0.25) is 5.02 Å². The molecule has 1 aliphatic rings. The molecule has 0 aromatic heterocycles. The molecule has 1 amide bonds. The number of alkyl halides is 3. The maximum atomic E-state index is 14.4. The van der Waals surface area contributed by atoms with E-state index in [1.165, 1.54) is 0 Å². The van der Waals surface area contributed by atoms with E-state index in [1.54, 1.807) is 24.3 Å². The van der Waals surface area contributed by atoms with Gasteiger partial charge in [0.25, 0.3) is 15.9 Å². The minimum Gasteiger partial charge on any atom is -0.321 e. The van der Waals surface area contributed by atoms with Crippen molar-refractivity contribution in [2.75, 3.05) is 16.2 Å². The molecular weight excluding hydrogens is 484 g/mol. The Labute approximate surface area is 191 Å². The monoisotopic (exact) mass is 498 g/mol. The Bertz CT molecular complexity index is 1360. The first-order valence-electron chi connectivity index (χ1n) is 9.57. The van der Waals surface area contributed by atoms with E-state index in [-0.39, 0.29) is 16.5 Å². The SMILES string of the molecule is O=C(Nc1ccc(Cl)cc1C(F)(F)F)c1cc(S(=O)(=O)N2CCc3ccccc32)ccc1F.